The molecule has 2 unspecified atom stereocenters. The predicted octanol–water partition coefficient (Wildman–Crippen LogP) is 2.09. The highest BCUT2D eigenvalue weighted by molar-refractivity contribution is 5.79. The van der Waals surface area contributed by atoms with Crippen molar-refractivity contribution in [1.82, 2.24) is 0 Å². The summed E-state index contributed by atoms with van der Waals surface area (Å²) in [6.45, 7) is 6.00. The summed E-state index contributed by atoms with van der Waals surface area (Å²) in [6.07, 6.45) is -0.459. The van der Waals surface area contributed by atoms with E-state index in [2.05, 4.69) is 6.07 Å². The number of carbonyl (C=O) groups excluding carboxylic acids is 1. The van der Waals surface area contributed by atoms with Gasteiger partial charge in [0.1, 0.15) is 5.60 Å². The zero-order valence-corrected chi connectivity index (χ0v) is 10.0. The summed E-state index contributed by atoms with van der Waals surface area (Å²) in [4.78, 5) is 11.4. The second kappa shape index (κ2) is 3.59. The van der Waals surface area contributed by atoms with Gasteiger partial charge in [0, 0.05) is 0 Å². The molecule has 1 saturated heterocycles. The van der Waals surface area contributed by atoms with Crippen molar-refractivity contribution in [2.75, 3.05) is 7.11 Å². The van der Waals surface area contributed by atoms with Gasteiger partial charge in [-0.05, 0) is 31.9 Å². The van der Waals surface area contributed by atoms with E-state index in [1.807, 2.05) is 32.9 Å². The molecule has 16 heavy (non-hydrogen) atoms. The molecule has 1 heterocycles. The van der Waals surface area contributed by atoms with Gasteiger partial charge < -0.3 is 9.47 Å². The molecule has 2 rings (SSSR count). The summed E-state index contributed by atoms with van der Waals surface area (Å²) in [5, 5.41) is 0. The monoisotopic (exact) mass is 220 g/mol. The minimum absolute atomic E-state index is 0.303. The van der Waals surface area contributed by atoms with Crippen molar-refractivity contribution in [3.8, 4) is 0 Å². The SMILES string of the molecule is COC(=O)C1OC1(C)c1ccc(C)cc1C. The highest BCUT2D eigenvalue weighted by Crippen LogP contribution is 2.47. The first-order valence-electron chi connectivity index (χ1n) is 5.32. The van der Waals surface area contributed by atoms with Gasteiger partial charge in [0.25, 0.3) is 0 Å². The minimum Gasteiger partial charge on any atom is -0.467 e. The lowest BCUT2D eigenvalue weighted by atomic mass is 9.92. The van der Waals surface area contributed by atoms with Crippen molar-refractivity contribution in [1.29, 1.82) is 0 Å². The van der Waals surface area contributed by atoms with E-state index in [1.165, 1.54) is 12.7 Å². The van der Waals surface area contributed by atoms with Crippen LogP contribution >= 0.6 is 0 Å². The van der Waals surface area contributed by atoms with Crippen LogP contribution in [-0.4, -0.2) is 19.2 Å². The molecule has 0 aliphatic carbocycles. The maximum atomic E-state index is 11.4. The third-order valence-corrected chi connectivity index (χ3v) is 3.14. The molecule has 0 aromatic heterocycles. The smallest absolute Gasteiger partial charge is 0.338 e. The molecule has 1 aliphatic heterocycles. The lowest BCUT2D eigenvalue weighted by Crippen LogP contribution is -2.18. The fourth-order valence-electron chi connectivity index (χ4n) is 2.17. The summed E-state index contributed by atoms with van der Waals surface area (Å²) in [6, 6.07) is 6.15. The Labute approximate surface area is 95.4 Å². The van der Waals surface area contributed by atoms with Gasteiger partial charge in [0.05, 0.1) is 7.11 Å². The van der Waals surface area contributed by atoms with Gasteiger partial charge in [-0.2, -0.15) is 0 Å². The van der Waals surface area contributed by atoms with E-state index < -0.39 is 11.7 Å². The third kappa shape index (κ3) is 1.61. The molecular formula is C13H16O3. The van der Waals surface area contributed by atoms with Crippen molar-refractivity contribution in [2.24, 2.45) is 0 Å². The molecule has 0 radical (unpaired) electrons. The molecule has 3 nitrogen and oxygen atoms in total. The number of aryl methyl sites for hydroxylation is 2. The predicted molar refractivity (Wildman–Crippen MR) is 60.2 cm³/mol. The van der Waals surface area contributed by atoms with Crippen LogP contribution < -0.4 is 0 Å². The first kappa shape index (κ1) is 11.1. The summed E-state index contributed by atoms with van der Waals surface area (Å²) >= 11 is 0. The van der Waals surface area contributed by atoms with Crippen LogP contribution in [0.4, 0.5) is 0 Å². The van der Waals surface area contributed by atoms with Crippen molar-refractivity contribution < 1.29 is 14.3 Å². The van der Waals surface area contributed by atoms with E-state index in [1.54, 1.807) is 0 Å². The summed E-state index contributed by atoms with van der Waals surface area (Å²) in [7, 11) is 1.38. The Balaban J connectivity index is 2.30. The molecule has 2 atom stereocenters. The molecule has 3 heteroatoms. The Kier molecular flexibility index (Phi) is 2.50. The Bertz CT molecular complexity index is 439. The number of methoxy groups -OCH3 is 1. The molecule has 0 amide bonds. The molecule has 1 aliphatic rings. The van der Waals surface area contributed by atoms with Gasteiger partial charge in [0.2, 0.25) is 0 Å². The van der Waals surface area contributed by atoms with Crippen molar-refractivity contribution >= 4 is 5.97 Å². The highest BCUT2D eigenvalue weighted by Gasteiger charge is 2.59. The Morgan fingerprint density at radius 1 is 1.44 bits per heavy atom. The largest absolute Gasteiger partial charge is 0.467 e. The van der Waals surface area contributed by atoms with Crippen LogP contribution in [0.15, 0.2) is 18.2 Å². The first-order chi connectivity index (χ1) is 7.49. The van der Waals surface area contributed by atoms with Gasteiger partial charge in [-0.1, -0.05) is 23.8 Å². The standard InChI is InChI=1S/C13H16O3/c1-8-5-6-10(9(2)7-8)13(3)11(16-13)12(14)15-4/h5-7,11H,1-4H3. The van der Waals surface area contributed by atoms with E-state index in [4.69, 9.17) is 9.47 Å². The summed E-state index contributed by atoms with van der Waals surface area (Å²) in [5.41, 5.74) is 2.91. The number of hydrogen-bond acceptors (Lipinski definition) is 3. The quantitative estimate of drug-likeness (QED) is 0.566. The molecule has 1 aromatic carbocycles. The van der Waals surface area contributed by atoms with E-state index in [-0.39, 0.29) is 5.97 Å². The number of ether oxygens (including phenoxy) is 2. The lowest BCUT2D eigenvalue weighted by Gasteiger charge is -2.11. The van der Waals surface area contributed by atoms with Crippen LogP contribution in [0.3, 0.4) is 0 Å². The summed E-state index contributed by atoms with van der Waals surface area (Å²) < 4.78 is 10.2. The van der Waals surface area contributed by atoms with Crippen LogP contribution in [0.25, 0.3) is 0 Å². The van der Waals surface area contributed by atoms with Crippen LogP contribution in [0.5, 0.6) is 0 Å². The highest BCUT2D eigenvalue weighted by atomic mass is 16.6. The Hall–Kier alpha value is -1.35. The van der Waals surface area contributed by atoms with Crippen LogP contribution in [0, 0.1) is 13.8 Å². The molecule has 0 N–H and O–H groups in total. The van der Waals surface area contributed by atoms with Crippen molar-refractivity contribution in [2.45, 2.75) is 32.5 Å². The third-order valence-electron chi connectivity index (χ3n) is 3.14. The molecule has 86 valence electrons. The van der Waals surface area contributed by atoms with Gasteiger partial charge in [0.15, 0.2) is 6.10 Å². The van der Waals surface area contributed by atoms with E-state index in [0.717, 1.165) is 11.1 Å². The minimum atomic E-state index is -0.509. The van der Waals surface area contributed by atoms with Gasteiger partial charge in [-0.3, -0.25) is 0 Å². The number of benzene rings is 1. The summed E-state index contributed by atoms with van der Waals surface area (Å²) in [5.74, 6) is -0.303. The lowest BCUT2D eigenvalue weighted by molar-refractivity contribution is -0.142. The second-order valence-electron chi connectivity index (χ2n) is 4.45. The molecule has 1 fully saturated rings. The van der Waals surface area contributed by atoms with Gasteiger partial charge in [-0.25, -0.2) is 4.79 Å². The Morgan fingerprint density at radius 2 is 2.12 bits per heavy atom. The maximum absolute atomic E-state index is 11.4. The maximum Gasteiger partial charge on any atom is 0.338 e. The van der Waals surface area contributed by atoms with E-state index in [9.17, 15) is 4.79 Å². The molecule has 0 bridgehead atoms. The molecule has 0 saturated carbocycles. The normalized spacial score (nSPS) is 27.6. The van der Waals surface area contributed by atoms with Crippen LogP contribution in [0.2, 0.25) is 0 Å². The first-order valence-corrected chi connectivity index (χ1v) is 5.32. The second-order valence-corrected chi connectivity index (χ2v) is 4.45. The Morgan fingerprint density at radius 3 is 2.69 bits per heavy atom. The van der Waals surface area contributed by atoms with E-state index in [0.29, 0.717) is 0 Å². The van der Waals surface area contributed by atoms with Crippen molar-refractivity contribution in [3.05, 3.63) is 34.9 Å². The average molecular weight is 220 g/mol. The number of esters is 1. The number of epoxide rings is 1. The number of rotatable bonds is 2. The molecular weight excluding hydrogens is 204 g/mol. The average Bonchev–Trinajstić information content (AvgIpc) is 2.90. The van der Waals surface area contributed by atoms with Gasteiger partial charge >= 0.3 is 5.97 Å². The van der Waals surface area contributed by atoms with E-state index >= 15 is 0 Å². The molecule has 1 aromatic rings. The fourth-order valence-corrected chi connectivity index (χ4v) is 2.17. The molecule has 0 spiro atoms. The number of carbonyl (C=O) groups is 1. The van der Waals surface area contributed by atoms with Crippen molar-refractivity contribution in [3.63, 3.8) is 0 Å². The fraction of sp³-hybridized carbons (Fsp3) is 0.462. The zero-order valence-electron chi connectivity index (χ0n) is 10.0. The van der Waals surface area contributed by atoms with Gasteiger partial charge in [-0.15, -0.1) is 0 Å². The zero-order chi connectivity index (χ0) is 11.9. The topological polar surface area (TPSA) is 38.8 Å². The van der Waals surface area contributed by atoms with Crippen LogP contribution in [-0.2, 0) is 19.9 Å². The van der Waals surface area contributed by atoms with Crippen LogP contribution in [0.1, 0.15) is 23.6 Å². The number of hydrogen-bond donors (Lipinski definition) is 0.